The average molecular weight is 570 g/mol. The van der Waals surface area contributed by atoms with Crippen LogP contribution in [0.5, 0.6) is 0 Å². The summed E-state index contributed by atoms with van der Waals surface area (Å²) in [5.74, 6) is 1.63. The molecule has 5 aromatic rings. The van der Waals surface area contributed by atoms with Crippen molar-refractivity contribution in [3.05, 3.63) is 102 Å². The Morgan fingerprint density at radius 1 is 0.953 bits per heavy atom. The number of carbonyl (C=O) groups is 1. The fraction of sp³-hybridized carbons (Fsp3) is 0.250. The molecular formula is C36H35N5O2. The topological polar surface area (TPSA) is 81.1 Å². The molecule has 1 aliphatic heterocycles. The Balaban J connectivity index is 1.40. The second-order valence-corrected chi connectivity index (χ2v) is 12.5. The van der Waals surface area contributed by atoms with Crippen molar-refractivity contribution in [3.8, 4) is 39.6 Å². The molecule has 1 aliphatic carbocycles. The first-order valence-corrected chi connectivity index (χ1v) is 14.8. The summed E-state index contributed by atoms with van der Waals surface area (Å²) in [6.45, 7) is 7.76. The molecule has 0 atom stereocenters. The van der Waals surface area contributed by atoms with Gasteiger partial charge < -0.3 is 15.4 Å². The monoisotopic (exact) mass is 569 g/mol. The molecular weight excluding hydrogens is 534 g/mol. The first kappa shape index (κ1) is 27.0. The van der Waals surface area contributed by atoms with Crippen LogP contribution in [0.1, 0.15) is 51.2 Å². The molecule has 1 amide bonds. The maximum Gasteiger partial charge on any atom is 0.408 e. The molecule has 0 radical (unpaired) electrons. The molecule has 3 heterocycles. The Morgan fingerprint density at radius 2 is 1.74 bits per heavy atom. The summed E-state index contributed by atoms with van der Waals surface area (Å²) in [5, 5.41) is 6.72. The summed E-state index contributed by atoms with van der Waals surface area (Å²) in [6, 6.07) is 29.3. The minimum atomic E-state index is -0.552. The van der Waals surface area contributed by atoms with E-state index in [4.69, 9.17) is 14.7 Å². The number of carbonyl (C=O) groups excluding carboxylic acids is 1. The molecule has 216 valence electrons. The Kier molecular flexibility index (Phi) is 6.34. The lowest BCUT2D eigenvalue weighted by Gasteiger charge is -2.43. The number of amides is 1. The number of pyridine rings is 1. The summed E-state index contributed by atoms with van der Waals surface area (Å²) >= 11 is 0. The lowest BCUT2D eigenvalue weighted by atomic mass is 9.71. The van der Waals surface area contributed by atoms with Gasteiger partial charge in [0.2, 0.25) is 0 Å². The highest BCUT2D eigenvalue weighted by molar-refractivity contribution is 5.91. The molecule has 0 spiro atoms. The number of benzene rings is 3. The maximum atomic E-state index is 12.8. The quantitative estimate of drug-likeness (QED) is 0.222. The Morgan fingerprint density at radius 3 is 2.47 bits per heavy atom. The maximum absolute atomic E-state index is 12.8. The van der Waals surface area contributed by atoms with Crippen molar-refractivity contribution in [1.29, 1.82) is 0 Å². The molecule has 0 saturated heterocycles. The van der Waals surface area contributed by atoms with Crippen LogP contribution in [0.4, 0.5) is 16.3 Å². The van der Waals surface area contributed by atoms with Crippen molar-refractivity contribution in [2.24, 2.45) is 0 Å². The number of fused-ring (bicyclic) bond motifs is 5. The number of hydrogen-bond acceptors (Lipinski definition) is 5. The number of aromatic nitrogens is 3. The number of imidazole rings is 1. The number of rotatable bonds is 4. The van der Waals surface area contributed by atoms with Crippen LogP contribution in [-0.2, 0) is 10.3 Å². The Hall–Kier alpha value is -4.91. The van der Waals surface area contributed by atoms with Crippen LogP contribution in [0, 0.1) is 6.92 Å². The van der Waals surface area contributed by atoms with Crippen molar-refractivity contribution in [2.75, 3.05) is 5.32 Å². The van der Waals surface area contributed by atoms with Crippen LogP contribution in [0.3, 0.4) is 0 Å². The first-order chi connectivity index (χ1) is 20.7. The molecule has 2 N–H and O–H groups in total. The number of nitrogens with zero attached hydrogens (tertiary/aromatic N) is 3. The third-order valence-electron chi connectivity index (χ3n) is 8.28. The van der Waals surface area contributed by atoms with E-state index in [-0.39, 0.29) is 6.09 Å². The molecule has 0 unspecified atom stereocenters. The standard InChI is InChI=1S/C36H35N5O2/c1-23-10-7-11-25(22-23)30-31(24-15-17-26(18-16-24)36(19-9-20-36)40-34(42)43-35(2,3)4)41-29-14-8-21-37-32(29)38-28-13-6-5-12-27(28)33(41)39-30/h5-8,10-18,21-22H,9,19-20H2,1-4H3,(H,37,38)(H,40,42). The summed E-state index contributed by atoms with van der Waals surface area (Å²) in [6.07, 6.45) is 4.24. The zero-order valence-corrected chi connectivity index (χ0v) is 24.9. The van der Waals surface area contributed by atoms with E-state index in [0.29, 0.717) is 0 Å². The van der Waals surface area contributed by atoms with Gasteiger partial charge in [-0.15, -0.1) is 0 Å². The minimum absolute atomic E-state index is 0.380. The number of alkyl carbamates (subject to hydrolysis) is 1. The van der Waals surface area contributed by atoms with Gasteiger partial charge in [0.15, 0.2) is 5.82 Å². The second kappa shape index (κ2) is 10.1. The third kappa shape index (κ3) is 4.84. The van der Waals surface area contributed by atoms with Crippen LogP contribution in [-0.4, -0.2) is 26.2 Å². The molecule has 0 bridgehead atoms. The van der Waals surface area contributed by atoms with E-state index in [2.05, 4.69) is 88.9 Å². The fourth-order valence-electron chi connectivity index (χ4n) is 6.15. The van der Waals surface area contributed by atoms with Gasteiger partial charge in [-0.05, 0) is 82.9 Å². The lowest BCUT2D eigenvalue weighted by molar-refractivity contribution is 0.0377. The molecule has 2 aliphatic rings. The SMILES string of the molecule is Cc1cccc(-c2nc3n(c2-c2ccc(C4(NC(=O)OC(C)(C)C)CCC4)cc2)-c2cccnc2Nc2ccccc2-3)c1. The normalized spacial score (nSPS) is 14.7. The highest BCUT2D eigenvalue weighted by Crippen LogP contribution is 2.46. The summed E-state index contributed by atoms with van der Waals surface area (Å²) in [4.78, 5) is 22.8. The van der Waals surface area contributed by atoms with Crippen molar-refractivity contribution >= 4 is 17.6 Å². The fourth-order valence-corrected chi connectivity index (χ4v) is 6.15. The minimum Gasteiger partial charge on any atom is -0.444 e. The van der Waals surface area contributed by atoms with Gasteiger partial charge in [0.25, 0.3) is 0 Å². The van der Waals surface area contributed by atoms with E-state index in [1.54, 1.807) is 0 Å². The van der Waals surface area contributed by atoms with Gasteiger partial charge in [0.1, 0.15) is 11.4 Å². The number of hydrogen-bond donors (Lipinski definition) is 2. The molecule has 7 nitrogen and oxygen atoms in total. The Labute approximate surface area is 252 Å². The highest BCUT2D eigenvalue weighted by Gasteiger charge is 2.41. The number of ether oxygens (including phenoxy) is 1. The number of para-hydroxylation sites is 1. The van der Waals surface area contributed by atoms with Gasteiger partial charge in [-0.25, -0.2) is 14.8 Å². The van der Waals surface area contributed by atoms with Crippen molar-refractivity contribution in [2.45, 2.75) is 58.1 Å². The Bertz CT molecular complexity index is 1840. The van der Waals surface area contributed by atoms with E-state index >= 15 is 0 Å². The summed E-state index contributed by atoms with van der Waals surface area (Å²) < 4.78 is 7.84. The molecule has 7 rings (SSSR count). The van der Waals surface area contributed by atoms with Crippen LogP contribution >= 0.6 is 0 Å². The van der Waals surface area contributed by atoms with E-state index < -0.39 is 11.1 Å². The molecule has 7 heteroatoms. The molecule has 2 aromatic heterocycles. The van der Waals surface area contributed by atoms with E-state index in [1.807, 2.05) is 45.2 Å². The van der Waals surface area contributed by atoms with Gasteiger partial charge in [0, 0.05) is 22.9 Å². The van der Waals surface area contributed by atoms with Gasteiger partial charge in [-0.3, -0.25) is 4.57 Å². The smallest absolute Gasteiger partial charge is 0.408 e. The van der Waals surface area contributed by atoms with E-state index in [9.17, 15) is 4.79 Å². The van der Waals surface area contributed by atoms with Crippen LogP contribution in [0.15, 0.2) is 91.1 Å². The van der Waals surface area contributed by atoms with Gasteiger partial charge >= 0.3 is 6.09 Å². The predicted octanol–water partition coefficient (Wildman–Crippen LogP) is 8.54. The largest absolute Gasteiger partial charge is 0.444 e. The number of aryl methyl sites for hydroxylation is 1. The molecule has 1 fully saturated rings. The zero-order valence-electron chi connectivity index (χ0n) is 24.9. The van der Waals surface area contributed by atoms with Crippen molar-refractivity contribution in [1.82, 2.24) is 19.9 Å². The molecule has 43 heavy (non-hydrogen) atoms. The average Bonchev–Trinajstić information content (AvgIpc) is 3.29. The number of anilines is 2. The van der Waals surface area contributed by atoms with Gasteiger partial charge in [0.05, 0.1) is 28.3 Å². The second-order valence-electron chi connectivity index (χ2n) is 12.5. The van der Waals surface area contributed by atoms with Crippen molar-refractivity contribution in [3.63, 3.8) is 0 Å². The molecule has 1 saturated carbocycles. The van der Waals surface area contributed by atoms with E-state index in [0.717, 1.165) is 75.9 Å². The predicted molar refractivity (Wildman–Crippen MR) is 171 cm³/mol. The lowest BCUT2D eigenvalue weighted by Crippen LogP contribution is -2.52. The third-order valence-corrected chi connectivity index (χ3v) is 8.28. The van der Waals surface area contributed by atoms with Crippen molar-refractivity contribution < 1.29 is 9.53 Å². The van der Waals surface area contributed by atoms with Gasteiger partial charge in [-0.2, -0.15) is 0 Å². The van der Waals surface area contributed by atoms with Crippen LogP contribution < -0.4 is 10.6 Å². The van der Waals surface area contributed by atoms with Crippen LogP contribution in [0.25, 0.3) is 39.6 Å². The summed E-state index contributed by atoms with van der Waals surface area (Å²) in [7, 11) is 0. The zero-order chi connectivity index (χ0) is 29.8. The first-order valence-electron chi connectivity index (χ1n) is 14.8. The highest BCUT2D eigenvalue weighted by atomic mass is 16.6. The van der Waals surface area contributed by atoms with E-state index in [1.165, 1.54) is 5.56 Å². The van der Waals surface area contributed by atoms with Gasteiger partial charge in [-0.1, -0.05) is 60.2 Å². The number of nitrogens with one attached hydrogen (secondary N) is 2. The molecule has 3 aromatic carbocycles. The summed E-state index contributed by atoms with van der Waals surface area (Å²) in [5.41, 5.74) is 8.15. The van der Waals surface area contributed by atoms with Crippen LogP contribution in [0.2, 0.25) is 0 Å².